The van der Waals surface area contributed by atoms with Gasteiger partial charge in [0, 0.05) is 24.4 Å². The Balaban J connectivity index is 1.28. The van der Waals surface area contributed by atoms with Crippen LogP contribution in [0.25, 0.3) is 22.1 Å². The number of hydrogen-bond donors (Lipinski definition) is 0. The lowest BCUT2D eigenvalue weighted by Crippen LogP contribution is -2.40. The number of ketones is 1. The van der Waals surface area contributed by atoms with Crippen molar-refractivity contribution < 1.29 is 30.8 Å². The van der Waals surface area contributed by atoms with Gasteiger partial charge in [0.2, 0.25) is 5.09 Å². The van der Waals surface area contributed by atoms with Gasteiger partial charge in [0.05, 0.1) is 11.6 Å². The molecule has 1 fully saturated rings. The molecular weight excluding hydrogens is 503 g/mol. The first kappa shape index (κ1) is 25.2. The Labute approximate surface area is 212 Å². The topological polar surface area (TPSA) is 67.6 Å². The van der Waals surface area contributed by atoms with Crippen LogP contribution in [-0.2, 0) is 27.4 Å². The highest BCUT2D eigenvalue weighted by atomic mass is 32.2. The molecule has 4 aromatic rings. The van der Waals surface area contributed by atoms with E-state index in [-0.39, 0.29) is 29.4 Å². The summed E-state index contributed by atoms with van der Waals surface area (Å²) in [5.41, 5.74) is 1.07. The number of aryl methyl sites for hydroxylation is 1. The maximum atomic E-state index is 13.4. The van der Waals surface area contributed by atoms with E-state index in [1.54, 1.807) is 54.6 Å². The Hall–Kier alpha value is -3.43. The second kappa shape index (κ2) is 9.79. The third-order valence-corrected chi connectivity index (χ3v) is 8.46. The zero-order valence-electron chi connectivity index (χ0n) is 19.7. The Morgan fingerprint density at radius 1 is 0.973 bits per heavy atom. The van der Waals surface area contributed by atoms with Crippen LogP contribution >= 0.6 is 0 Å². The summed E-state index contributed by atoms with van der Waals surface area (Å²) in [7, 11) is -3.98. The molecule has 37 heavy (non-hydrogen) atoms. The molecule has 5 rings (SSSR count). The number of hydrogen-bond acceptors (Lipinski definition) is 4. The molecule has 1 atom stereocenters. The van der Waals surface area contributed by atoms with E-state index in [0.717, 1.165) is 11.6 Å². The van der Waals surface area contributed by atoms with E-state index in [4.69, 9.17) is 4.42 Å². The second-order valence-electron chi connectivity index (χ2n) is 9.08. The molecule has 0 N–H and O–H groups in total. The maximum absolute atomic E-state index is 13.4. The van der Waals surface area contributed by atoms with Crippen LogP contribution in [0.1, 0.15) is 30.4 Å². The molecule has 0 unspecified atom stereocenters. The smallest absolute Gasteiger partial charge is 0.417 e. The summed E-state index contributed by atoms with van der Waals surface area (Å²) < 4.78 is 73.4. The predicted octanol–water partition coefficient (Wildman–Crippen LogP) is 6.47. The molecule has 2 heterocycles. The average molecular weight is 528 g/mol. The molecule has 1 aliphatic rings. The van der Waals surface area contributed by atoms with Crippen molar-refractivity contribution in [1.82, 2.24) is 4.31 Å². The summed E-state index contributed by atoms with van der Waals surface area (Å²) in [6.45, 7) is 0.239. The van der Waals surface area contributed by atoms with Gasteiger partial charge in [0.1, 0.15) is 5.58 Å². The molecule has 192 valence electrons. The Morgan fingerprint density at radius 3 is 2.41 bits per heavy atom. The minimum absolute atomic E-state index is 0.0926. The molecule has 1 aliphatic heterocycles. The maximum Gasteiger partial charge on any atom is 0.417 e. The third-order valence-electron chi connectivity index (χ3n) is 6.70. The fraction of sp³-hybridized carbons (Fsp3) is 0.250. The SMILES string of the molecule is O=C(CCc1ccc(-c2ccccc2C(F)(F)F)cc1)[C@@H]1CCCN1S(=O)(=O)c1cc2ccccc2o1. The number of para-hydroxylation sites is 1. The molecule has 0 aliphatic carbocycles. The van der Waals surface area contributed by atoms with Crippen molar-refractivity contribution in [3.05, 3.63) is 90.0 Å². The minimum Gasteiger partial charge on any atom is -0.443 e. The first-order chi connectivity index (χ1) is 17.6. The van der Waals surface area contributed by atoms with Gasteiger partial charge < -0.3 is 4.42 Å². The van der Waals surface area contributed by atoms with Crippen molar-refractivity contribution in [3.63, 3.8) is 0 Å². The lowest BCUT2D eigenvalue weighted by molar-refractivity contribution is -0.137. The van der Waals surface area contributed by atoms with Gasteiger partial charge in [0.15, 0.2) is 5.78 Å². The molecule has 1 saturated heterocycles. The summed E-state index contributed by atoms with van der Waals surface area (Å²) in [5, 5.41) is 0.493. The van der Waals surface area contributed by atoms with Crippen molar-refractivity contribution in [2.24, 2.45) is 0 Å². The molecule has 9 heteroatoms. The van der Waals surface area contributed by atoms with Crippen LogP contribution in [-0.4, -0.2) is 31.1 Å². The molecule has 0 bridgehead atoms. The lowest BCUT2D eigenvalue weighted by Gasteiger charge is -2.21. The highest BCUT2D eigenvalue weighted by molar-refractivity contribution is 7.89. The van der Waals surface area contributed by atoms with Crippen LogP contribution in [0.3, 0.4) is 0 Å². The predicted molar refractivity (Wildman–Crippen MR) is 133 cm³/mol. The number of benzene rings is 3. The quantitative estimate of drug-likeness (QED) is 0.276. The standard InChI is InChI=1S/C28H24F3NO4S/c29-28(30,31)23-8-3-2-7-22(23)20-14-11-19(12-15-20)13-16-25(33)24-9-5-17-32(24)37(34,35)27-18-21-6-1-4-10-26(21)36-27/h1-4,6-8,10-12,14-15,18,24H,5,9,13,16-17H2/t24-/m0/s1. The van der Waals surface area contributed by atoms with Crippen LogP contribution in [0, 0.1) is 0 Å². The van der Waals surface area contributed by atoms with E-state index in [0.29, 0.717) is 35.8 Å². The van der Waals surface area contributed by atoms with E-state index >= 15 is 0 Å². The van der Waals surface area contributed by atoms with E-state index < -0.39 is 27.8 Å². The van der Waals surface area contributed by atoms with Crippen LogP contribution < -0.4 is 0 Å². The number of carbonyl (C=O) groups is 1. The molecule has 5 nitrogen and oxygen atoms in total. The van der Waals surface area contributed by atoms with Crippen LogP contribution in [0.4, 0.5) is 13.2 Å². The van der Waals surface area contributed by atoms with Crippen LogP contribution in [0.5, 0.6) is 0 Å². The highest BCUT2D eigenvalue weighted by Crippen LogP contribution is 2.37. The van der Waals surface area contributed by atoms with Crippen molar-refractivity contribution in [3.8, 4) is 11.1 Å². The largest absolute Gasteiger partial charge is 0.443 e. The number of fused-ring (bicyclic) bond motifs is 1. The van der Waals surface area contributed by atoms with Gasteiger partial charge in [-0.05, 0) is 48.1 Å². The zero-order valence-corrected chi connectivity index (χ0v) is 20.6. The van der Waals surface area contributed by atoms with Crippen molar-refractivity contribution in [1.29, 1.82) is 0 Å². The van der Waals surface area contributed by atoms with E-state index in [9.17, 15) is 26.4 Å². The monoisotopic (exact) mass is 527 g/mol. The fourth-order valence-corrected chi connectivity index (χ4v) is 6.45. The van der Waals surface area contributed by atoms with Crippen LogP contribution in [0.2, 0.25) is 0 Å². The van der Waals surface area contributed by atoms with Gasteiger partial charge in [-0.2, -0.15) is 17.5 Å². The molecule has 3 aromatic carbocycles. The number of carbonyl (C=O) groups excluding carboxylic acids is 1. The zero-order chi connectivity index (χ0) is 26.2. The molecular formula is C28H24F3NO4S. The van der Waals surface area contributed by atoms with E-state index in [2.05, 4.69) is 0 Å². The number of rotatable bonds is 7. The number of nitrogens with zero attached hydrogens (tertiary/aromatic N) is 1. The minimum atomic E-state index is -4.46. The van der Waals surface area contributed by atoms with Crippen molar-refractivity contribution in [2.75, 3.05) is 6.54 Å². The van der Waals surface area contributed by atoms with Gasteiger partial charge >= 0.3 is 6.18 Å². The van der Waals surface area contributed by atoms with Gasteiger partial charge in [-0.3, -0.25) is 4.79 Å². The molecule has 1 aromatic heterocycles. The summed E-state index contributed by atoms with van der Waals surface area (Å²) in [6, 6.07) is 19.7. The summed E-state index contributed by atoms with van der Waals surface area (Å²) in [5.74, 6) is -0.191. The van der Waals surface area contributed by atoms with Crippen molar-refractivity contribution >= 4 is 26.8 Å². The molecule has 0 saturated carbocycles. The Bertz CT molecular complexity index is 1510. The number of furan rings is 1. The first-order valence-corrected chi connectivity index (χ1v) is 13.4. The molecule has 0 amide bonds. The number of alkyl halides is 3. The van der Waals surface area contributed by atoms with E-state index in [1.807, 2.05) is 0 Å². The Morgan fingerprint density at radius 2 is 1.68 bits per heavy atom. The number of Topliss-reactive ketones (excluding diaryl/α,β-unsaturated/α-hetero) is 1. The normalized spacial score (nSPS) is 16.9. The summed E-state index contributed by atoms with van der Waals surface area (Å²) >= 11 is 0. The van der Waals surface area contributed by atoms with Gasteiger partial charge in [-0.1, -0.05) is 60.7 Å². The number of halogens is 3. The van der Waals surface area contributed by atoms with Crippen molar-refractivity contribution in [2.45, 2.75) is 43.0 Å². The summed E-state index contributed by atoms with van der Waals surface area (Å²) in [6.07, 6.45) is -2.98. The van der Waals surface area contributed by atoms with Gasteiger partial charge in [-0.25, -0.2) is 8.42 Å². The lowest BCUT2D eigenvalue weighted by atomic mass is 9.96. The molecule has 0 radical (unpaired) electrons. The van der Waals surface area contributed by atoms with Gasteiger partial charge in [0.25, 0.3) is 10.0 Å². The average Bonchev–Trinajstić information content (AvgIpc) is 3.56. The second-order valence-corrected chi connectivity index (χ2v) is 10.9. The number of sulfonamides is 1. The van der Waals surface area contributed by atoms with Gasteiger partial charge in [-0.15, -0.1) is 0 Å². The molecule has 0 spiro atoms. The Kier molecular flexibility index (Phi) is 6.68. The first-order valence-electron chi connectivity index (χ1n) is 11.9. The van der Waals surface area contributed by atoms with Crippen LogP contribution in [0.15, 0.2) is 88.4 Å². The third kappa shape index (κ3) is 5.06. The fourth-order valence-electron chi connectivity index (χ4n) is 4.82. The summed E-state index contributed by atoms with van der Waals surface area (Å²) in [4.78, 5) is 13.1. The highest BCUT2D eigenvalue weighted by Gasteiger charge is 2.40. The van der Waals surface area contributed by atoms with E-state index in [1.165, 1.54) is 22.5 Å².